The van der Waals surface area contributed by atoms with E-state index in [-0.39, 0.29) is 21.7 Å². The Kier molecular flexibility index (Phi) is 24.8. The van der Waals surface area contributed by atoms with Gasteiger partial charge < -0.3 is 24.9 Å². The topological polar surface area (TPSA) is 76.2 Å². The SMILES string of the molecule is CC.CC.CCCN(CC)CCCN(C)c1c(C(C)(C)C)c(=S)c1=O.CNCCCCN(C)c1cc(=S)c1=O.Cc1c(N(C)C)c(=O)c1=S. The van der Waals surface area contributed by atoms with Crippen LogP contribution in [0.2, 0.25) is 0 Å². The van der Waals surface area contributed by atoms with Gasteiger partial charge in [0.15, 0.2) is 0 Å². The number of hydrogen-bond donors (Lipinski definition) is 1. The normalized spacial score (nSPS) is 10.7. The van der Waals surface area contributed by atoms with Crippen molar-refractivity contribution in [3.05, 3.63) is 61.4 Å². The highest BCUT2D eigenvalue weighted by Gasteiger charge is 2.29. The average Bonchev–Trinajstić information content (AvgIpc) is 3.08. The van der Waals surface area contributed by atoms with Crippen LogP contribution in [0.3, 0.4) is 0 Å². The quantitative estimate of drug-likeness (QED) is 0.123. The van der Waals surface area contributed by atoms with Crippen molar-refractivity contribution >= 4 is 53.7 Å². The molecule has 0 aliphatic rings. The van der Waals surface area contributed by atoms with Crippen molar-refractivity contribution in [1.82, 2.24) is 10.2 Å². The van der Waals surface area contributed by atoms with Gasteiger partial charge in [-0.15, -0.1) is 0 Å². The summed E-state index contributed by atoms with van der Waals surface area (Å²) in [6, 6.07) is 1.77. The first-order valence-corrected chi connectivity index (χ1v) is 19.1. The third-order valence-corrected chi connectivity index (χ3v) is 9.03. The molecule has 0 saturated heterocycles. The molecule has 0 fully saturated rings. The second kappa shape index (κ2) is 24.9. The number of unbranched alkanes of at least 4 members (excludes halogenated alkanes) is 1. The molecule has 0 aromatic heterocycles. The maximum atomic E-state index is 12.1. The Morgan fingerprint density at radius 2 is 1.24 bits per heavy atom. The summed E-state index contributed by atoms with van der Waals surface area (Å²) >= 11 is 14.8. The van der Waals surface area contributed by atoms with Gasteiger partial charge in [-0.25, -0.2) is 0 Å². The van der Waals surface area contributed by atoms with E-state index in [0.717, 1.165) is 86.7 Å². The molecular formula is C38H67N5O3S3. The zero-order valence-corrected chi connectivity index (χ0v) is 35.8. The molecule has 0 aliphatic carbocycles. The van der Waals surface area contributed by atoms with Gasteiger partial charge in [0.05, 0.1) is 30.6 Å². The molecule has 1 N–H and O–H groups in total. The van der Waals surface area contributed by atoms with Crippen molar-refractivity contribution in [3.63, 3.8) is 0 Å². The minimum atomic E-state index is -0.0494. The lowest BCUT2D eigenvalue weighted by molar-refractivity contribution is 0.286. The Labute approximate surface area is 313 Å². The molecule has 8 nitrogen and oxygen atoms in total. The van der Waals surface area contributed by atoms with E-state index in [2.05, 4.69) is 49.7 Å². The van der Waals surface area contributed by atoms with Crippen LogP contribution >= 0.6 is 36.7 Å². The number of anilines is 3. The van der Waals surface area contributed by atoms with Gasteiger partial charge in [0.1, 0.15) is 0 Å². The molecule has 0 spiro atoms. The fourth-order valence-electron chi connectivity index (χ4n) is 5.22. The minimum Gasteiger partial charge on any atom is -0.374 e. The summed E-state index contributed by atoms with van der Waals surface area (Å²) in [4.78, 5) is 42.6. The molecule has 11 heteroatoms. The Hall–Kier alpha value is -2.18. The van der Waals surface area contributed by atoms with Gasteiger partial charge in [-0.05, 0) is 82.9 Å². The summed E-state index contributed by atoms with van der Waals surface area (Å²) < 4.78 is 1.48. The molecule has 280 valence electrons. The first-order chi connectivity index (χ1) is 23.0. The lowest BCUT2D eigenvalue weighted by Crippen LogP contribution is -2.36. The van der Waals surface area contributed by atoms with E-state index < -0.39 is 0 Å². The summed E-state index contributed by atoms with van der Waals surface area (Å²) in [5.74, 6) is 0. The summed E-state index contributed by atoms with van der Waals surface area (Å²) in [5.41, 5.74) is 4.41. The van der Waals surface area contributed by atoms with E-state index in [1.165, 1.54) is 6.42 Å². The fraction of sp³-hybridized carbons (Fsp3) is 0.684. The smallest absolute Gasteiger partial charge is 0.220 e. The van der Waals surface area contributed by atoms with Crippen molar-refractivity contribution in [2.24, 2.45) is 0 Å². The molecule has 0 saturated carbocycles. The first-order valence-electron chi connectivity index (χ1n) is 17.9. The number of nitrogens with one attached hydrogen (secondary N) is 1. The first kappa shape index (κ1) is 48.9. The van der Waals surface area contributed by atoms with Crippen molar-refractivity contribution in [2.75, 3.05) is 89.2 Å². The molecule has 3 aromatic carbocycles. The maximum absolute atomic E-state index is 12.1. The third-order valence-electron chi connectivity index (χ3n) is 7.84. The lowest BCUT2D eigenvalue weighted by atomic mass is 9.82. The summed E-state index contributed by atoms with van der Waals surface area (Å²) in [6.45, 7) is 26.8. The minimum absolute atomic E-state index is 0.0116. The molecule has 0 heterocycles. The van der Waals surface area contributed by atoms with Crippen LogP contribution in [0.4, 0.5) is 17.1 Å². The van der Waals surface area contributed by atoms with Crippen LogP contribution < -0.4 is 36.3 Å². The number of hydrogen-bond acceptors (Lipinski definition) is 11. The molecule has 0 amide bonds. The van der Waals surface area contributed by atoms with Gasteiger partial charge in [0, 0.05) is 46.8 Å². The Bertz CT molecular complexity index is 1570. The fourth-order valence-corrected chi connectivity index (χ4v) is 6.13. The number of rotatable bonds is 15. The second-order valence-corrected chi connectivity index (χ2v) is 14.1. The monoisotopic (exact) mass is 737 g/mol. The molecule has 3 rings (SSSR count). The van der Waals surface area contributed by atoms with Crippen molar-refractivity contribution in [3.8, 4) is 0 Å². The molecule has 3 aromatic rings. The van der Waals surface area contributed by atoms with E-state index in [1.807, 2.05) is 74.8 Å². The van der Waals surface area contributed by atoms with Crippen LogP contribution in [0.25, 0.3) is 0 Å². The van der Waals surface area contributed by atoms with Crippen LogP contribution in [-0.2, 0) is 5.41 Å². The third kappa shape index (κ3) is 14.9. The molecule has 0 bridgehead atoms. The van der Waals surface area contributed by atoms with Crippen LogP contribution in [-0.4, -0.2) is 79.4 Å². The molecule has 0 radical (unpaired) electrons. The molecule has 0 atom stereocenters. The van der Waals surface area contributed by atoms with Crippen molar-refractivity contribution in [2.45, 2.75) is 100 Å². The number of nitrogens with zero attached hydrogens (tertiary/aromatic N) is 4. The van der Waals surface area contributed by atoms with Crippen LogP contribution in [0.15, 0.2) is 20.4 Å². The molecular weight excluding hydrogens is 671 g/mol. The maximum Gasteiger partial charge on any atom is 0.220 e. The van der Waals surface area contributed by atoms with Crippen LogP contribution in [0.5, 0.6) is 0 Å². The van der Waals surface area contributed by atoms with E-state index in [0.29, 0.717) is 13.5 Å². The van der Waals surface area contributed by atoms with Gasteiger partial charge >= 0.3 is 0 Å². The predicted octanol–water partition coefficient (Wildman–Crippen LogP) is 7.67. The van der Waals surface area contributed by atoms with E-state index in [4.69, 9.17) is 36.7 Å². The van der Waals surface area contributed by atoms with Crippen LogP contribution in [0.1, 0.15) is 99.1 Å². The van der Waals surface area contributed by atoms with Gasteiger partial charge in [-0.3, -0.25) is 14.4 Å². The zero-order valence-electron chi connectivity index (χ0n) is 33.4. The average molecular weight is 738 g/mol. The summed E-state index contributed by atoms with van der Waals surface area (Å²) in [6.07, 6.45) is 4.49. The van der Waals surface area contributed by atoms with Gasteiger partial charge in [0.2, 0.25) is 16.3 Å². The van der Waals surface area contributed by atoms with E-state index in [9.17, 15) is 14.4 Å². The molecule has 0 unspecified atom stereocenters. The van der Waals surface area contributed by atoms with Crippen molar-refractivity contribution < 1.29 is 0 Å². The standard InChI is InChI=1S/C17H30N2OS.C10H16N2OS.C7H9NOS.2C2H6/c1-7-10-19(8-2)12-9-11-18(6)14-13(17(3,4)5)16(21)15(14)20;1-11-5-3-4-6-12(2)8-7-9(14)10(8)13;1-4-5(8(2)3)6(9)7(4)10;2*1-2/h7-12H2,1-6H3;7,11H,3-6H2,1-2H3;1-3H3;2*1-2H3. The van der Waals surface area contributed by atoms with Crippen LogP contribution in [0, 0.1) is 20.5 Å². The van der Waals surface area contributed by atoms with Gasteiger partial charge in [0.25, 0.3) is 0 Å². The Morgan fingerprint density at radius 1 is 0.714 bits per heavy atom. The van der Waals surface area contributed by atoms with E-state index in [1.54, 1.807) is 11.0 Å². The predicted molar refractivity (Wildman–Crippen MR) is 225 cm³/mol. The van der Waals surface area contributed by atoms with Crippen molar-refractivity contribution in [1.29, 1.82) is 0 Å². The summed E-state index contributed by atoms with van der Waals surface area (Å²) in [5, 5.41) is 3.09. The molecule has 49 heavy (non-hydrogen) atoms. The highest BCUT2D eigenvalue weighted by Crippen LogP contribution is 2.32. The Morgan fingerprint density at radius 3 is 1.63 bits per heavy atom. The second-order valence-electron chi connectivity index (χ2n) is 12.8. The van der Waals surface area contributed by atoms with Gasteiger partial charge in [-0.1, -0.05) is 99.0 Å². The zero-order chi connectivity index (χ0) is 38.6. The highest BCUT2D eigenvalue weighted by atomic mass is 32.1. The lowest BCUT2D eigenvalue weighted by Gasteiger charge is -2.31. The largest absolute Gasteiger partial charge is 0.374 e. The highest BCUT2D eigenvalue weighted by molar-refractivity contribution is 7.72. The molecule has 0 aliphatic heterocycles. The van der Waals surface area contributed by atoms with Gasteiger partial charge in [-0.2, -0.15) is 0 Å². The summed E-state index contributed by atoms with van der Waals surface area (Å²) in [7, 11) is 9.58. The Balaban J connectivity index is 0. The van der Waals surface area contributed by atoms with E-state index >= 15 is 0 Å².